The number of hydrogen-bond donors (Lipinski definition) is 1. The molecule has 0 aliphatic rings. The molecule has 0 radical (unpaired) electrons. The van der Waals surface area contributed by atoms with Gasteiger partial charge in [-0.3, -0.25) is 10.1 Å². The molecule has 1 amide bonds. The second kappa shape index (κ2) is 13.7. The van der Waals surface area contributed by atoms with Crippen LogP contribution in [-0.4, -0.2) is 16.1 Å². The van der Waals surface area contributed by atoms with E-state index in [9.17, 15) is 4.79 Å². The van der Waals surface area contributed by atoms with Gasteiger partial charge in [-0.2, -0.15) is 0 Å². The van der Waals surface area contributed by atoms with Gasteiger partial charge in [-0.1, -0.05) is 106 Å². The molecule has 3 rings (SSSR count). The molecule has 5 heteroatoms. The van der Waals surface area contributed by atoms with Crippen molar-refractivity contribution in [3.05, 3.63) is 71.3 Å². The lowest BCUT2D eigenvalue weighted by atomic mass is 10.0. The molecule has 0 unspecified atom stereocenters. The molecular formula is C28H35N3OS. The molecule has 0 bridgehead atoms. The highest BCUT2D eigenvalue weighted by atomic mass is 32.1. The van der Waals surface area contributed by atoms with Crippen molar-refractivity contribution in [3.63, 3.8) is 0 Å². The number of nitrogens with zero attached hydrogens (tertiary/aromatic N) is 2. The van der Waals surface area contributed by atoms with Crippen LogP contribution in [0.3, 0.4) is 0 Å². The quantitative estimate of drug-likeness (QED) is 0.209. The van der Waals surface area contributed by atoms with Gasteiger partial charge in [0.2, 0.25) is 11.0 Å². The van der Waals surface area contributed by atoms with Crippen molar-refractivity contribution < 1.29 is 4.79 Å². The van der Waals surface area contributed by atoms with Crippen LogP contribution >= 0.6 is 11.3 Å². The number of carbonyl (C=O) groups excluding carboxylic acids is 1. The molecule has 0 saturated carbocycles. The van der Waals surface area contributed by atoms with Crippen molar-refractivity contribution in [2.45, 2.75) is 71.6 Å². The van der Waals surface area contributed by atoms with Crippen LogP contribution in [0.5, 0.6) is 0 Å². The molecule has 0 fully saturated rings. The fourth-order valence-electron chi connectivity index (χ4n) is 3.63. The summed E-state index contributed by atoms with van der Waals surface area (Å²) in [6, 6.07) is 16.9. The molecule has 0 aliphatic carbocycles. The van der Waals surface area contributed by atoms with Crippen LogP contribution in [0.4, 0.5) is 5.13 Å². The molecule has 2 aromatic carbocycles. The Morgan fingerprint density at radius 2 is 1.45 bits per heavy atom. The first kappa shape index (κ1) is 24.8. The Bertz CT molecular complexity index is 1010. The third kappa shape index (κ3) is 8.58. The zero-order chi connectivity index (χ0) is 23.3. The van der Waals surface area contributed by atoms with Crippen LogP contribution in [0.1, 0.15) is 75.5 Å². The topological polar surface area (TPSA) is 54.9 Å². The maximum atomic E-state index is 12.3. The van der Waals surface area contributed by atoms with E-state index >= 15 is 0 Å². The van der Waals surface area contributed by atoms with Gasteiger partial charge in [0.25, 0.3) is 0 Å². The van der Waals surface area contributed by atoms with Crippen molar-refractivity contribution in [3.8, 4) is 10.6 Å². The van der Waals surface area contributed by atoms with Gasteiger partial charge in [0.05, 0.1) is 0 Å². The number of benzene rings is 2. The highest BCUT2D eigenvalue weighted by molar-refractivity contribution is 7.18. The number of unbranched alkanes of at least 4 members (excludes halogenated alkanes) is 5. The normalized spacial score (nSPS) is 11.2. The fraction of sp³-hybridized carbons (Fsp3) is 0.393. The minimum absolute atomic E-state index is 0.201. The van der Waals surface area contributed by atoms with E-state index in [0.717, 1.165) is 29.0 Å². The lowest BCUT2D eigenvalue weighted by molar-refractivity contribution is -0.111. The van der Waals surface area contributed by atoms with Crippen molar-refractivity contribution in [2.24, 2.45) is 0 Å². The van der Waals surface area contributed by atoms with E-state index in [4.69, 9.17) is 0 Å². The standard InChI is InChI=1S/C28H35N3OS/c1-3-5-7-8-9-11-23-12-14-24(15-13-23)18-21-26(32)29-28-31-30-27(33-28)25-19-16-22(17-20-25)10-6-4-2/h12-21H,3-11H2,1-2H3,(H,29,31,32). The zero-order valence-electron chi connectivity index (χ0n) is 19.8. The van der Waals surface area contributed by atoms with Crippen LogP contribution in [0.15, 0.2) is 54.6 Å². The molecule has 33 heavy (non-hydrogen) atoms. The third-order valence-corrected chi connectivity index (χ3v) is 6.54. The first-order chi connectivity index (χ1) is 16.2. The Kier molecular flexibility index (Phi) is 10.3. The van der Waals surface area contributed by atoms with Gasteiger partial charge in [0.15, 0.2) is 0 Å². The molecule has 4 nitrogen and oxygen atoms in total. The summed E-state index contributed by atoms with van der Waals surface area (Å²) in [4.78, 5) is 12.3. The molecule has 0 spiro atoms. The Balaban J connectivity index is 1.47. The predicted octanol–water partition coefficient (Wildman–Crippen LogP) is 7.71. The van der Waals surface area contributed by atoms with E-state index in [2.05, 4.69) is 77.9 Å². The summed E-state index contributed by atoms with van der Waals surface area (Å²) < 4.78 is 0. The van der Waals surface area contributed by atoms with Gasteiger partial charge < -0.3 is 0 Å². The van der Waals surface area contributed by atoms with Crippen molar-refractivity contribution in [2.75, 3.05) is 5.32 Å². The summed E-state index contributed by atoms with van der Waals surface area (Å²) in [6.45, 7) is 4.44. The molecule has 174 valence electrons. The number of aromatic nitrogens is 2. The van der Waals surface area contributed by atoms with Crippen molar-refractivity contribution in [1.29, 1.82) is 0 Å². The molecule has 0 atom stereocenters. The van der Waals surface area contributed by atoms with Gasteiger partial charge in [0, 0.05) is 11.6 Å². The van der Waals surface area contributed by atoms with Crippen LogP contribution in [0.25, 0.3) is 16.6 Å². The van der Waals surface area contributed by atoms with Gasteiger partial charge in [-0.25, -0.2) is 0 Å². The largest absolute Gasteiger partial charge is 0.297 e. The molecule has 0 aliphatic heterocycles. The maximum absolute atomic E-state index is 12.3. The molecule has 3 aromatic rings. The smallest absolute Gasteiger partial charge is 0.250 e. The average molecular weight is 462 g/mol. The second-order valence-corrected chi connectivity index (χ2v) is 9.42. The second-order valence-electron chi connectivity index (χ2n) is 8.44. The van der Waals surface area contributed by atoms with E-state index in [1.54, 1.807) is 6.08 Å². The highest BCUT2D eigenvalue weighted by Crippen LogP contribution is 2.26. The average Bonchev–Trinajstić information content (AvgIpc) is 3.30. The van der Waals surface area contributed by atoms with E-state index < -0.39 is 0 Å². The van der Waals surface area contributed by atoms with E-state index in [0.29, 0.717) is 5.13 Å². The van der Waals surface area contributed by atoms with Gasteiger partial charge in [-0.05, 0) is 48.4 Å². The van der Waals surface area contributed by atoms with E-state index in [-0.39, 0.29) is 5.91 Å². The maximum Gasteiger partial charge on any atom is 0.250 e. The molecule has 0 saturated heterocycles. The van der Waals surface area contributed by atoms with Crippen LogP contribution in [0, 0.1) is 0 Å². The SMILES string of the molecule is CCCCCCCc1ccc(C=CC(=O)Nc2nnc(-c3ccc(CCCC)cc3)s2)cc1. The molecule has 1 aromatic heterocycles. The number of rotatable bonds is 13. The minimum atomic E-state index is -0.201. The van der Waals surface area contributed by atoms with Crippen LogP contribution in [-0.2, 0) is 17.6 Å². The summed E-state index contributed by atoms with van der Waals surface area (Å²) in [7, 11) is 0. The van der Waals surface area contributed by atoms with Gasteiger partial charge in [0.1, 0.15) is 5.01 Å². The summed E-state index contributed by atoms with van der Waals surface area (Å²) >= 11 is 1.39. The van der Waals surface area contributed by atoms with Crippen LogP contribution < -0.4 is 5.32 Å². The predicted molar refractivity (Wildman–Crippen MR) is 141 cm³/mol. The lowest BCUT2D eigenvalue weighted by Gasteiger charge is -2.02. The van der Waals surface area contributed by atoms with Crippen LogP contribution in [0.2, 0.25) is 0 Å². The number of anilines is 1. The van der Waals surface area contributed by atoms with E-state index in [1.807, 2.05) is 6.08 Å². The number of aryl methyl sites for hydroxylation is 2. The lowest BCUT2D eigenvalue weighted by Crippen LogP contribution is -2.07. The first-order valence-corrected chi connectivity index (χ1v) is 13.0. The highest BCUT2D eigenvalue weighted by Gasteiger charge is 2.08. The Morgan fingerprint density at radius 3 is 2.15 bits per heavy atom. The minimum Gasteiger partial charge on any atom is -0.297 e. The number of amides is 1. The zero-order valence-corrected chi connectivity index (χ0v) is 20.7. The summed E-state index contributed by atoms with van der Waals surface area (Å²) in [5.74, 6) is -0.201. The first-order valence-electron chi connectivity index (χ1n) is 12.2. The van der Waals surface area contributed by atoms with Crippen molar-refractivity contribution in [1.82, 2.24) is 10.2 Å². The molecule has 1 N–H and O–H groups in total. The molecular weight excluding hydrogens is 426 g/mol. The summed E-state index contributed by atoms with van der Waals surface area (Å²) in [6.07, 6.45) is 14.5. The number of carbonyl (C=O) groups is 1. The van der Waals surface area contributed by atoms with Gasteiger partial charge in [-0.15, -0.1) is 10.2 Å². The Labute approximate surface area is 202 Å². The Morgan fingerprint density at radius 1 is 0.818 bits per heavy atom. The van der Waals surface area contributed by atoms with E-state index in [1.165, 1.54) is 67.4 Å². The van der Waals surface area contributed by atoms with Crippen molar-refractivity contribution >= 4 is 28.5 Å². The summed E-state index contributed by atoms with van der Waals surface area (Å²) in [5.41, 5.74) is 4.73. The fourth-order valence-corrected chi connectivity index (χ4v) is 4.38. The summed E-state index contributed by atoms with van der Waals surface area (Å²) in [5, 5.41) is 12.5. The molecule has 1 heterocycles. The number of hydrogen-bond acceptors (Lipinski definition) is 4. The third-order valence-electron chi connectivity index (χ3n) is 5.65. The van der Waals surface area contributed by atoms with Gasteiger partial charge >= 0.3 is 0 Å². The number of nitrogens with one attached hydrogen (secondary N) is 1. The monoisotopic (exact) mass is 461 g/mol. The Hall–Kier alpha value is -2.79.